The molecule has 0 spiro atoms. The zero-order valence-electron chi connectivity index (χ0n) is 10.8. The standard InChI is InChI=1S/C15H15BrFNO/c1-9-3-6-14(10(2)15(9)19)18-8-11-4-5-12(16)13(17)7-11/h3-7,18-19H,8H2,1-2H3. The zero-order valence-corrected chi connectivity index (χ0v) is 12.4. The van der Waals surface area contributed by atoms with Gasteiger partial charge >= 0.3 is 0 Å². The van der Waals surface area contributed by atoms with Crippen molar-refractivity contribution in [3.63, 3.8) is 0 Å². The zero-order chi connectivity index (χ0) is 14.0. The summed E-state index contributed by atoms with van der Waals surface area (Å²) in [6.07, 6.45) is 0. The summed E-state index contributed by atoms with van der Waals surface area (Å²) in [6.45, 7) is 4.22. The van der Waals surface area contributed by atoms with Gasteiger partial charge < -0.3 is 10.4 Å². The first-order valence-corrected chi connectivity index (χ1v) is 6.75. The smallest absolute Gasteiger partial charge is 0.137 e. The number of aryl methyl sites for hydroxylation is 1. The summed E-state index contributed by atoms with van der Waals surface area (Å²) in [7, 11) is 0. The summed E-state index contributed by atoms with van der Waals surface area (Å²) in [6, 6.07) is 8.79. The molecule has 0 aliphatic heterocycles. The van der Waals surface area contributed by atoms with Gasteiger partial charge in [0.15, 0.2) is 0 Å². The highest BCUT2D eigenvalue weighted by Crippen LogP contribution is 2.28. The van der Waals surface area contributed by atoms with Gasteiger partial charge in [-0.15, -0.1) is 0 Å². The lowest BCUT2D eigenvalue weighted by Gasteiger charge is -2.12. The van der Waals surface area contributed by atoms with Crippen LogP contribution in [0.1, 0.15) is 16.7 Å². The van der Waals surface area contributed by atoms with Crippen LogP contribution < -0.4 is 5.32 Å². The highest BCUT2D eigenvalue weighted by Gasteiger charge is 2.06. The lowest BCUT2D eigenvalue weighted by Crippen LogP contribution is -2.02. The molecule has 0 bridgehead atoms. The van der Waals surface area contributed by atoms with Crippen molar-refractivity contribution in [3.8, 4) is 5.75 Å². The quantitative estimate of drug-likeness (QED) is 0.870. The van der Waals surface area contributed by atoms with Crippen molar-refractivity contribution in [3.05, 3.63) is 57.3 Å². The largest absolute Gasteiger partial charge is 0.507 e. The van der Waals surface area contributed by atoms with E-state index < -0.39 is 0 Å². The second-order valence-electron chi connectivity index (χ2n) is 4.51. The number of anilines is 1. The number of phenols is 1. The summed E-state index contributed by atoms with van der Waals surface area (Å²) in [5.41, 5.74) is 3.35. The van der Waals surface area contributed by atoms with Gasteiger partial charge in [0, 0.05) is 17.8 Å². The van der Waals surface area contributed by atoms with E-state index in [4.69, 9.17) is 0 Å². The Balaban J connectivity index is 2.14. The molecular weight excluding hydrogens is 309 g/mol. The predicted octanol–water partition coefficient (Wildman–Crippen LogP) is 4.52. The normalized spacial score (nSPS) is 10.5. The number of benzene rings is 2. The average molecular weight is 324 g/mol. The molecule has 0 unspecified atom stereocenters. The second-order valence-corrected chi connectivity index (χ2v) is 5.36. The third-order valence-corrected chi connectivity index (χ3v) is 3.74. The molecule has 0 amide bonds. The number of rotatable bonds is 3. The lowest BCUT2D eigenvalue weighted by molar-refractivity contribution is 0.467. The molecule has 0 radical (unpaired) electrons. The van der Waals surface area contributed by atoms with Crippen LogP contribution in [0.4, 0.5) is 10.1 Å². The fourth-order valence-electron chi connectivity index (χ4n) is 1.87. The second kappa shape index (κ2) is 5.61. The SMILES string of the molecule is Cc1ccc(NCc2ccc(Br)c(F)c2)c(C)c1O. The van der Waals surface area contributed by atoms with Crippen LogP contribution in [0.25, 0.3) is 0 Å². The Kier molecular flexibility index (Phi) is 4.10. The number of aromatic hydroxyl groups is 1. The Morgan fingerprint density at radius 1 is 1.21 bits per heavy atom. The Morgan fingerprint density at radius 3 is 2.63 bits per heavy atom. The monoisotopic (exact) mass is 323 g/mol. The molecule has 0 saturated heterocycles. The van der Waals surface area contributed by atoms with Crippen LogP contribution in [-0.2, 0) is 6.54 Å². The molecule has 2 aromatic rings. The molecule has 2 N–H and O–H groups in total. The van der Waals surface area contributed by atoms with Gasteiger partial charge in [0.25, 0.3) is 0 Å². The number of phenolic OH excluding ortho intramolecular Hbond substituents is 1. The molecule has 2 aromatic carbocycles. The van der Waals surface area contributed by atoms with Gasteiger partial charge in [-0.1, -0.05) is 12.1 Å². The van der Waals surface area contributed by atoms with Crippen LogP contribution >= 0.6 is 15.9 Å². The van der Waals surface area contributed by atoms with Crippen LogP contribution in [0.5, 0.6) is 5.75 Å². The van der Waals surface area contributed by atoms with Gasteiger partial charge in [0.05, 0.1) is 4.47 Å². The van der Waals surface area contributed by atoms with Crippen molar-refractivity contribution in [1.29, 1.82) is 0 Å². The maximum absolute atomic E-state index is 13.4. The van der Waals surface area contributed by atoms with E-state index >= 15 is 0 Å². The van der Waals surface area contributed by atoms with Crippen molar-refractivity contribution < 1.29 is 9.50 Å². The van der Waals surface area contributed by atoms with Crippen LogP contribution in [0.2, 0.25) is 0 Å². The van der Waals surface area contributed by atoms with E-state index in [9.17, 15) is 9.50 Å². The topological polar surface area (TPSA) is 32.3 Å². The van der Waals surface area contributed by atoms with E-state index in [2.05, 4.69) is 21.2 Å². The molecule has 100 valence electrons. The third kappa shape index (κ3) is 3.07. The number of hydrogen-bond donors (Lipinski definition) is 2. The fraction of sp³-hybridized carbons (Fsp3) is 0.200. The molecule has 19 heavy (non-hydrogen) atoms. The van der Waals surface area contributed by atoms with Crippen LogP contribution in [0, 0.1) is 19.7 Å². The summed E-state index contributed by atoms with van der Waals surface area (Å²) < 4.78 is 13.8. The van der Waals surface area contributed by atoms with Gasteiger partial charge in [0.2, 0.25) is 0 Å². The molecule has 0 atom stereocenters. The first kappa shape index (κ1) is 13.9. The third-order valence-electron chi connectivity index (χ3n) is 3.10. The minimum absolute atomic E-state index is 0.275. The lowest BCUT2D eigenvalue weighted by atomic mass is 10.1. The Morgan fingerprint density at radius 2 is 1.95 bits per heavy atom. The van der Waals surface area contributed by atoms with Crippen LogP contribution in [0.15, 0.2) is 34.8 Å². The van der Waals surface area contributed by atoms with E-state index in [1.165, 1.54) is 6.07 Å². The molecule has 2 rings (SSSR count). The Labute approximate surface area is 120 Å². The maximum atomic E-state index is 13.4. The molecule has 0 heterocycles. The van der Waals surface area contributed by atoms with Crippen LogP contribution in [-0.4, -0.2) is 5.11 Å². The molecule has 2 nitrogen and oxygen atoms in total. The summed E-state index contributed by atoms with van der Waals surface area (Å²) in [4.78, 5) is 0. The number of hydrogen-bond acceptors (Lipinski definition) is 2. The maximum Gasteiger partial charge on any atom is 0.137 e. The van der Waals surface area contributed by atoms with Crippen LogP contribution in [0.3, 0.4) is 0 Å². The number of nitrogens with one attached hydrogen (secondary N) is 1. The van der Waals surface area contributed by atoms with Gasteiger partial charge in [-0.25, -0.2) is 4.39 Å². The van der Waals surface area contributed by atoms with Gasteiger partial charge in [0.1, 0.15) is 11.6 Å². The van der Waals surface area contributed by atoms with E-state index in [0.29, 0.717) is 16.8 Å². The molecule has 0 aliphatic carbocycles. The fourth-order valence-corrected chi connectivity index (χ4v) is 2.12. The predicted molar refractivity (Wildman–Crippen MR) is 79.0 cm³/mol. The Bertz CT molecular complexity index is 613. The Hall–Kier alpha value is -1.55. The summed E-state index contributed by atoms with van der Waals surface area (Å²) >= 11 is 3.13. The molecule has 0 fully saturated rings. The molecular formula is C15H15BrFNO. The van der Waals surface area contributed by atoms with E-state index in [1.807, 2.05) is 32.0 Å². The van der Waals surface area contributed by atoms with Gasteiger partial charge in [-0.05, 0) is 59.1 Å². The van der Waals surface area contributed by atoms with Gasteiger partial charge in [-0.3, -0.25) is 0 Å². The minimum atomic E-state index is -0.275. The minimum Gasteiger partial charge on any atom is -0.507 e. The average Bonchev–Trinajstić information content (AvgIpc) is 2.39. The van der Waals surface area contributed by atoms with E-state index in [1.54, 1.807) is 6.07 Å². The summed E-state index contributed by atoms with van der Waals surface area (Å²) in [5, 5.41) is 13.1. The van der Waals surface area contributed by atoms with Crippen molar-refractivity contribution in [2.24, 2.45) is 0 Å². The highest BCUT2D eigenvalue weighted by atomic mass is 79.9. The highest BCUT2D eigenvalue weighted by molar-refractivity contribution is 9.10. The molecule has 4 heteroatoms. The van der Waals surface area contributed by atoms with Crippen molar-refractivity contribution in [1.82, 2.24) is 0 Å². The first-order chi connectivity index (χ1) is 8.99. The van der Waals surface area contributed by atoms with Crippen molar-refractivity contribution in [2.75, 3.05) is 5.32 Å². The molecule has 0 saturated carbocycles. The van der Waals surface area contributed by atoms with E-state index in [-0.39, 0.29) is 5.82 Å². The van der Waals surface area contributed by atoms with E-state index in [0.717, 1.165) is 22.4 Å². The number of halogens is 2. The summed E-state index contributed by atoms with van der Waals surface area (Å²) in [5.74, 6) is 0.0229. The first-order valence-electron chi connectivity index (χ1n) is 5.96. The molecule has 0 aliphatic rings. The van der Waals surface area contributed by atoms with Gasteiger partial charge in [-0.2, -0.15) is 0 Å². The van der Waals surface area contributed by atoms with Crippen molar-refractivity contribution in [2.45, 2.75) is 20.4 Å². The molecule has 0 aromatic heterocycles. The van der Waals surface area contributed by atoms with Crippen molar-refractivity contribution >= 4 is 21.6 Å².